The summed E-state index contributed by atoms with van der Waals surface area (Å²) in [6.45, 7) is 1.58. The molecular weight excluding hydrogens is 401 g/mol. The van der Waals surface area contributed by atoms with Gasteiger partial charge in [0.25, 0.3) is 5.91 Å². The second-order valence-electron chi connectivity index (χ2n) is 6.81. The van der Waals surface area contributed by atoms with Gasteiger partial charge in [-0.25, -0.2) is 4.39 Å². The molecule has 1 aliphatic heterocycles. The molecule has 2 heterocycles. The number of nitrogens with two attached hydrogens (primary N) is 1. The molecule has 1 aromatic carbocycles. The predicted molar refractivity (Wildman–Crippen MR) is 104 cm³/mol. The summed E-state index contributed by atoms with van der Waals surface area (Å²) in [5.41, 5.74) is 7.01. The van der Waals surface area contributed by atoms with E-state index in [0.717, 1.165) is 10.5 Å². The molecule has 0 saturated carbocycles. The summed E-state index contributed by atoms with van der Waals surface area (Å²) in [5.74, 6) is -2.89. The Balaban J connectivity index is 2.03. The van der Waals surface area contributed by atoms with E-state index in [9.17, 15) is 14.4 Å². The van der Waals surface area contributed by atoms with Crippen LogP contribution in [0.1, 0.15) is 47.3 Å². The lowest BCUT2D eigenvalue weighted by Crippen LogP contribution is -2.46. The summed E-state index contributed by atoms with van der Waals surface area (Å²) >= 11 is 5.84. The van der Waals surface area contributed by atoms with Crippen molar-refractivity contribution in [3.63, 3.8) is 0 Å². The molecule has 2 amide bonds. The van der Waals surface area contributed by atoms with Crippen molar-refractivity contribution in [2.75, 3.05) is 0 Å². The van der Waals surface area contributed by atoms with Crippen LogP contribution in [0, 0.1) is 5.82 Å². The summed E-state index contributed by atoms with van der Waals surface area (Å²) in [4.78, 5) is 41.0. The van der Waals surface area contributed by atoms with Crippen LogP contribution in [-0.4, -0.2) is 38.8 Å². The molecule has 0 bridgehead atoms. The second kappa shape index (κ2) is 8.16. The number of carboxylic acids is 1. The Labute approximate surface area is 171 Å². The first-order valence-corrected chi connectivity index (χ1v) is 9.47. The Kier molecular flexibility index (Phi) is 5.83. The molecule has 0 spiro atoms. The number of halogens is 2. The predicted octanol–water partition coefficient (Wildman–Crippen LogP) is 2.86. The minimum absolute atomic E-state index is 0.119. The van der Waals surface area contributed by atoms with E-state index in [0.29, 0.717) is 5.69 Å². The fourth-order valence-electron chi connectivity index (χ4n) is 3.63. The summed E-state index contributed by atoms with van der Waals surface area (Å²) in [5, 5.41) is 8.91. The van der Waals surface area contributed by atoms with Gasteiger partial charge in [0.1, 0.15) is 11.9 Å². The maximum absolute atomic E-state index is 15.4. The molecule has 29 heavy (non-hydrogen) atoms. The summed E-state index contributed by atoms with van der Waals surface area (Å²) in [6.07, 6.45) is 1.03. The van der Waals surface area contributed by atoms with Gasteiger partial charge in [-0.2, -0.15) is 0 Å². The zero-order chi connectivity index (χ0) is 21.3. The molecule has 1 aromatic heterocycles. The summed E-state index contributed by atoms with van der Waals surface area (Å²) in [6, 6.07) is 4.38. The largest absolute Gasteiger partial charge is 0.481 e. The normalized spacial score (nSPS) is 16.6. The molecule has 152 valence electrons. The summed E-state index contributed by atoms with van der Waals surface area (Å²) < 4.78 is 15.4. The number of nitrogens with zero attached hydrogens (tertiary/aromatic N) is 2. The first-order valence-electron chi connectivity index (χ1n) is 8.93. The molecule has 2 atom stereocenters. The molecule has 3 rings (SSSR count). The fourth-order valence-corrected chi connectivity index (χ4v) is 3.80. The Morgan fingerprint density at radius 2 is 2.03 bits per heavy atom. The van der Waals surface area contributed by atoms with Gasteiger partial charge in [-0.3, -0.25) is 19.4 Å². The van der Waals surface area contributed by atoms with E-state index in [2.05, 4.69) is 4.98 Å². The van der Waals surface area contributed by atoms with Gasteiger partial charge in [-0.1, -0.05) is 0 Å². The molecule has 0 fully saturated rings. The Hall–Kier alpha value is -3.00. The van der Waals surface area contributed by atoms with Crippen LogP contribution in [0.25, 0.3) is 11.3 Å². The quantitative estimate of drug-likeness (QED) is 0.670. The van der Waals surface area contributed by atoms with Crippen molar-refractivity contribution in [1.29, 1.82) is 0 Å². The SMILES string of the molecule is C[C@@H]1c2c(ccc(-c3cc(CCl)ccn3)c2F)C(=O)N1C(CCC(=O)O)C(N)=O. The first-order chi connectivity index (χ1) is 13.8. The Bertz CT molecular complexity index is 998. The van der Waals surface area contributed by atoms with E-state index in [-0.39, 0.29) is 35.4 Å². The van der Waals surface area contributed by atoms with Crippen LogP contribution in [0.4, 0.5) is 4.39 Å². The minimum atomic E-state index is -1.15. The van der Waals surface area contributed by atoms with Crippen LogP contribution in [-0.2, 0) is 15.5 Å². The number of carboxylic acid groups (broad SMARTS) is 1. The van der Waals surface area contributed by atoms with Crippen LogP contribution in [0.2, 0.25) is 0 Å². The number of aliphatic carboxylic acids is 1. The zero-order valence-corrected chi connectivity index (χ0v) is 16.3. The topological polar surface area (TPSA) is 114 Å². The van der Waals surface area contributed by atoms with Gasteiger partial charge in [0.2, 0.25) is 5.91 Å². The lowest BCUT2D eigenvalue weighted by atomic mass is 9.98. The number of aromatic nitrogens is 1. The number of benzene rings is 1. The average Bonchev–Trinajstić information content (AvgIpc) is 2.93. The number of carbonyl (C=O) groups excluding carboxylic acids is 2. The molecule has 0 radical (unpaired) electrons. The highest BCUT2D eigenvalue weighted by atomic mass is 35.5. The summed E-state index contributed by atoms with van der Waals surface area (Å²) in [7, 11) is 0. The maximum Gasteiger partial charge on any atom is 0.303 e. The standard InChI is InChI=1S/C20H19ClFN3O4/c1-10-17-13(20(29)25(10)15(19(23)28)4-5-16(26)27)3-2-12(18(17)22)14-8-11(9-21)6-7-24-14/h2-3,6-8,10,15H,4-5,9H2,1H3,(H2,23,28)(H,26,27)/t10-,15?/m1/s1. The minimum Gasteiger partial charge on any atom is -0.481 e. The van der Waals surface area contributed by atoms with Crippen LogP contribution >= 0.6 is 11.6 Å². The number of fused-ring (bicyclic) bond motifs is 1. The van der Waals surface area contributed by atoms with Crippen molar-refractivity contribution in [2.24, 2.45) is 5.73 Å². The van der Waals surface area contributed by atoms with Crippen LogP contribution in [0.15, 0.2) is 30.5 Å². The number of hydrogen-bond acceptors (Lipinski definition) is 4. The van der Waals surface area contributed by atoms with E-state index < -0.39 is 35.7 Å². The van der Waals surface area contributed by atoms with Crippen molar-refractivity contribution in [2.45, 2.75) is 37.7 Å². The highest BCUT2D eigenvalue weighted by Gasteiger charge is 2.42. The molecular formula is C20H19ClFN3O4. The number of carbonyl (C=O) groups is 3. The number of rotatable bonds is 7. The number of alkyl halides is 1. The fraction of sp³-hybridized carbons (Fsp3) is 0.300. The van der Waals surface area contributed by atoms with Gasteiger partial charge in [-0.15, -0.1) is 11.6 Å². The molecule has 9 heteroatoms. The van der Waals surface area contributed by atoms with E-state index in [1.807, 2.05) is 0 Å². The molecule has 1 aliphatic rings. The molecule has 0 aliphatic carbocycles. The van der Waals surface area contributed by atoms with E-state index >= 15 is 4.39 Å². The van der Waals surface area contributed by atoms with E-state index in [1.165, 1.54) is 18.3 Å². The molecule has 1 unspecified atom stereocenters. The van der Waals surface area contributed by atoms with Gasteiger partial charge in [0.05, 0.1) is 11.7 Å². The zero-order valence-electron chi connectivity index (χ0n) is 15.6. The number of hydrogen-bond donors (Lipinski definition) is 2. The van der Waals surface area contributed by atoms with Crippen molar-refractivity contribution >= 4 is 29.4 Å². The van der Waals surface area contributed by atoms with Crippen molar-refractivity contribution in [3.05, 3.63) is 53.0 Å². The Morgan fingerprint density at radius 1 is 1.34 bits per heavy atom. The van der Waals surface area contributed by atoms with Crippen LogP contribution in [0.5, 0.6) is 0 Å². The third-order valence-corrected chi connectivity index (χ3v) is 5.34. The number of pyridine rings is 1. The number of amides is 2. The monoisotopic (exact) mass is 419 g/mol. The second-order valence-corrected chi connectivity index (χ2v) is 7.08. The first kappa shape index (κ1) is 20.7. The van der Waals surface area contributed by atoms with Crippen molar-refractivity contribution in [3.8, 4) is 11.3 Å². The third kappa shape index (κ3) is 3.80. The van der Waals surface area contributed by atoms with Crippen LogP contribution < -0.4 is 5.73 Å². The third-order valence-electron chi connectivity index (χ3n) is 5.03. The van der Waals surface area contributed by atoms with Gasteiger partial charge >= 0.3 is 5.97 Å². The van der Waals surface area contributed by atoms with Crippen molar-refractivity contribution < 1.29 is 23.9 Å². The van der Waals surface area contributed by atoms with Gasteiger partial charge in [0, 0.05) is 35.2 Å². The van der Waals surface area contributed by atoms with Gasteiger partial charge in [-0.05, 0) is 43.2 Å². The van der Waals surface area contributed by atoms with E-state index in [1.54, 1.807) is 19.1 Å². The average molecular weight is 420 g/mol. The van der Waals surface area contributed by atoms with Gasteiger partial charge in [0.15, 0.2) is 0 Å². The van der Waals surface area contributed by atoms with E-state index in [4.69, 9.17) is 22.4 Å². The maximum atomic E-state index is 15.4. The number of primary amides is 1. The molecule has 0 saturated heterocycles. The smallest absolute Gasteiger partial charge is 0.303 e. The van der Waals surface area contributed by atoms with Crippen molar-refractivity contribution in [1.82, 2.24) is 9.88 Å². The lowest BCUT2D eigenvalue weighted by Gasteiger charge is -2.29. The molecule has 2 aromatic rings. The highest BCUT2D eigenvalue weighted by molar-refractivity contribution is 6.17. The highest BCUT2D eigenvalue weighted by Crippen LogP contribution is 2.40. The van der Waals surface area contributed by atoms with Crippen LogP contribution in [0.3, 0.4) is 0 Å². The lowest BCUT2D eigenvalue weighted by molar-refractivity contribution is -0.137. The molecule has 7 nitrogen and oxygen atoms in total. The van der Waals surface area contributed by atoms with Gasteiger partial charge < -0.3 is 15.7 Å². The Morgan fingerprint density at radius 3 is 2.66 bits per heavy atom. The molecule has 3 N–H and O–H groups in total.